The highest BCUT2D eigenvalue weighted by Gasteiger charge is 2.29. The number of nitrogens with zero attached hydrogens (tertiary/aromatic N) is 4. The molecule has 1 aromatic carbocycles. The van der Waals surface area contributed by atoms with E-state index in [9.17, 15) is 4.79 Å². The highest BCUT2D eigenvalue weighted by Crippen LogP contribution is 2.32. The first-order chi connectivity index (χ1) is 14.6. The smallest absolute Gasteiger partial charge is 0.264 e. The summed E-state index contributed by atoms with van der Waals surface area (Å²) in [5.41, 5.74) is 3.55. The summed E-state index contributed by atoms with van der Waals surface area (Å²) in [6.07, 6.45) is 3.49. The molecule has 1 aliphatic carbocycles. The number of amides is 1. The molecule has 2 aromatic heterocycles. The van der Waals surface area contributed by atoms with Crippen molar-refractivity contribution in [2.75, 3.05) is 26.2 Å². The van der Waals surface area contributed by atoms with Gasteiger partial charge < -0.3 is 9.42 Å². The maximum Gasteiger partial charge on any atom is 0.264 e. The van der Waals surface area contributed by atoms with Gasteiger partial charge in [0.05, 0.1) is 10.9 Å². The normalized spacial score (nSPS) is 17.9. The molecule has 0 bridgehead atoms. The van der Waals surface area contributed by atoms with Crippen LogP contribution in [0.2, 0.25) is 0 Å². The quantitative estimate of drug-likeness (QED) is 0.633. The Labute approximate surface area is 180 Å². The Kier molecular flexibility index (Phi) is 5.16. The van der Waals surface area contributed by atoms with Gasteiger partial charge in [0.15, 0.2) is 0 Å². The summed E-state index contributed by atoms with van der Waals surface area (Å²) < 4.78 is 5.56. The van der Waals surface area contributed by atoms with Crippen molar-refractivity contribution in [3.63, 3.8) is 0 Å². The van der Waals surface area contributed by atoms with Crippen LogP contribution in [0.25, 0.3) is 11.4 Å². The van der Waals surface area contributed by atoms with Crippen LogP contribution < -0.4 is 0 Å². The van der Waals surface area contributed by atoms with Gasteiger partial charge in [-0.05, 0) is 44.7 Å². The zero-order valence-electron chi connectivity index (χ0n) is 17.4. The molecule has 6 nitrogen and oxygen atoms in total. The second-order valence-electron chi connectivity index (χ2n) is 8.24. The lowest BCUT2D eigenvalue weighted by atomic mass is 10.1. The van der Waals surface area contributed by atoms with Gasteiger partial charge in [0.2, 0.25) is 11.7 Å². The van der Waals surface area contributed by atoms with Crippen molar-refractivity contribution >= 4 is 17.2 Å². The highest BCUT2D eigenvalue weighted by molar-refractivity contribution is 7.14. The van der Waals surface area contributed by atoms with Crippen LogP contribution in [0.1, 0.15) is 51.0 Å². The van der Waals surface area contributed by atoms with Crippen molar-refractivity contribution < 1.29 is 9.32 Å². The van der Waals surface area contributed by atoms with E-state index in [4.69, 9.17) is 4.52 Å². The summed E-state index contributed by atoms with van der Waals surface area (Å²) in [6.45, 7) is 7.22. The molecule has 1 fully saturated rings. The number of benzene rings is 1. The molecule has 5 rings (SSSR count). The number of thiophene rings is 1. The Hall–Kier alpha value is -2.51. The van der Waals surface area contributed by atoms with Crippen LogP contribution in [-0.4, -0.2) is 52.0 Å². The number of fused-ring (bicyclic) bond motifs is 1. The van der Waals surface area contributed by atoms with Crippen molar-refractivity contribution in [2.24, 2.45) is 0 Å². The monoisotopic (exact) mass is 422 g/mol. The minimum atomic E-state index is 0.0273. The fraction of sp³-hybridized carbons (Fsp3) is 0.435. The predicted octanol–water partition coefficient (Wildman–Crippen LogP) is 4.11. The second-order valence-corrected chi connectivity index (χ2v) is 9.38. The average Bonchev–Trinajstić information content (AvgIpc) is 3.50. The third-order valence-corrected chi connectivity index (χ3v) is 7.44. The van der Waals surface area contributed by atoms with Crippen molar-refractivity contribution in [1.29, 1.82) is 0 Å². The molecule has 7 heteroatoms. The summed E-state index contributed by atoms with van der Waals surface area (Å²) in [7, 11) is 0. The first-order valence-corrected chi connectivity index (χ1v) is 11.5. The molecule has 1 atom stereocenters. The van der Waals surface area contributed by atoms with Crippen LogP contribution in [-0.2, 0) is 12.8 Å². The van der Waals surface area contributed by atoms with Gasteiger partial charge in [0.25, 0.3) is 5.91 Å². The van der Waals surface area contributed by atoms with Crippen LogP contribution >= 0.6 is 11.3 Å². The fourth-order valence-corrected chi connectivity index (χ4v) is 5.51. The summed E-state index contributed by atoms with van der Waals surface area (Å²) in [6, 6.07) is 10.3. The number of piperazine rings is 1. The minimum absolute atomic E-state index is 0.0273. The van der Waals surface area contributed by atoms with E-state index in [2.05, 4.69) is 35.0 Å². The molecular weight excluding hydrogens is 396 g/mol. The summed E-state index contributed by atoms with van der Waals surface area (Å²) in [5.74, 6) is 1.43. The Morgan fingerprint density at radius 1 is 1.13 bits per heavy atom. The first-order valence-electron chi connectivity index (χ1n) is 10.6. The Morgan fingerprint density at radius 2 is 1.90 bits per heavy atom. The molecule has 0 saturated carbocycles. The highest BCUT2D eigenvalue weighted by atomic mass is 32.1. The Bertz CT molecular complexity index is 1030. The largest absolute Gasteiger partial charge is 0.337 e. The van der Waals surface area contributed by atoms with E-state index in [1.54, 1.807) is 11.3 Å². The molecule has 0 radical (unpaired) electrons. The molecule has 30 heavy (non-hydrogen) atoms. The molecule has 0 unspecified atom stereocenters. The Balaban J connectivity index is 1.21. The van der Waals surface area contributed by atoms with Gasteiger partial charge in [-0.15, -0.1) is 11.3 Å². The standard InChI is InChI=1S/C23H26N4O2S/c1-15-6-8-17(9-7-15)21-24-22(29-25-21)16(2)26-10-12-27(13-11-26)23(28)20-14-18-4-3-5-19(18)30-20/h6-9,14,16H,3-5,10-13H2,1-2H3/t16-/m0/s1. The third kappa shape index (κ3) is 3.68. The van der Waals surface area contributed by atoms with E-state index in [-0.39, 0.29) is 11.9 Å². The van der Waals surface area contributed by atoms with Crippen molar-refractivity contribution in [1.82, 2.24) is 19.9 Å². The predicted molar refractivity (Wildman–Crippen MR) is 117 cm³/mol. The zero-order chi connectivity index (χ0) is 20.7. The van der Waals surface area contributed by atoms with Crippen molar-refractivity contribution in [3.05, 3.63) is 57.1 Å². The van der Waals surface area contributed by atoms with Gasteiger partial charge in [0, 0.05) is 36.6 Å². The molecule has 3 heterocycles. The number of rotatable bonds is 4. The van der Waals surface area contributed by atoms with Gasteiger partial charge >= 0.3 is 0 Å². The number of hydrogen-bond donors (Lipinski definition) is 0. The molecule has 1 amide bonds. The average molecular weight is 423 g/mol. The van der Waals surface area contributed by atoms with E-state index in [1.807, 2.05) is 29.2 Å². The summed E-state index contributed by atoms with van der Waals surface area (Å²) in [4.78, 5) is 24.1. The lowest BCUT2D eigenvalue weighted by Gasteiger charge is -2.36. The summed E-state index contributed by atoms with van der Waals surface area (Å²) in [5, 5.41) is 4.16. The molecule has 3 aromatic rings. The van der Waals surface area contributed by atoms with Gasteiger partial charge in [-0.2, -0.15) is 4.98 Å². The third-order valence-electron chi connectivity index (χ3n) is 6.22. The van der Waals surface area contributed by atoms with Crippen molar-refractivity contribution in [2.45, 2.75) is 39.2 Å². The second kappa shape index (κ2) is 7.96. The number of hydrogen-bond acceptors (Lipinski definition) is 6. The van der Waals surface area contributed by atoms with E-state index >= 15 is 0 Å². The van der Waals surface area contributed by atoms with Gasteiger partial charge in [0.1, 0.15) is 0 Å². The molecule has 1 saturated heterocycles. The molecule has 0 spiro atoms. The van der Waals surface area contributed by atoms with Gasteiger partial charge in [-0.25, -0.2) is 0 Å². The van der Waals surface area contributed by atoms with E-state index in [0.717, 1.165) is 49.5 Å². The zero-order valence-corrected chi connectivity index (χ0v) is 18.2. The maximum absolute atomic E-state index is 12.9. The topological polar surface area (TPSA) is 62.5 Å². The fourth-order valence-electron chi connectivity index (χ4n) is 4.28. The lowest BCUT2D eigenvalue weighted by molar-refractivity contribution is 0.0556. The number of aromatic nitrogens is 2. The van der Waals surface area contributed by atoms with Crippen molar-refractivity contribution in [3.8, 4) is 11.4 Å². The SMILES string of the molecule is Cc1ccc(-c2noc([C@H](C)N3CCN(C(=O)c4cc5c(s4)CCC5)CC3)n2)cc1. The number of carbonyl (C=O) groups is 1. The van der Waals surface area contributed by atoms with Crippen LogP contribution in [0.5, 0.6) is 0 Å². The van der Waals surface area contributed by atoms with Gasteiger partial charge in [-0.3, -0.25) is 9.69 Å². The van der Waals surface area contributed by atoms with E-state index < -0.39 is 0 Å². The molecule has 2 aliphatic rings. The van der Waals surface area contributed by atoms with E-state index in [0.29, 0.717) is 11.7 Å². The lowest BCUT2D eigenvalue weighted by Crippen LogP contribution is -2.49. The number of carbonyl (C=O) groups excluding carboxylic acids is 1. The van der Waals surface area contributed by atoms with Crippen LogP contribution in [0.3, 0.4) is 0 Å². The maximum atomic E-state index is 12.9. The molecular formula is C23H26N4O2S. The van der Waals surface area contributed by atoms with Crippen LogP contribution in [0, 0.1) is 6.92 Å². The molecule has 156 valence electrons. The minimum Gasteiger partial charge on any atom is -0.337 e. The molecule has 1 aliphatic heterocycles. The van der Waals surface area contributed by atoms with Crippen LogP contribution in [0.4, 0.5) is 0 Å². The molecule has 0 N–H and O–H groups in total. The Morgan fingerprint density at radius 3 is 2.63 bits per heavy atom. The van der Waals surface area contributed by atoms with E-state index in [1.165, 1.54) is 22.4 Å². The van der Waals surface area contributed by atoms with Gasteiger partial charge in [-0.1, -0.05) is 35.0 Å². The van der Waals surface area contributed by atoms with Crippen LogP contribution in [0.15, 0.2) is 34.9 Å². The summed E-state index contributed by atoms with van der Waals surface area (Å²) >= 11 is 1.69. The first kappa shape index (κ1) is 19.5. The number of aryl methyl sites for hydroxylation is 3.